The number of anilines is 3. The quantitative estimate of drug-likeness (QED) is 0.464. The number of benzene rings is 1. The lowest BCUT2D eigenvalue weighted by molar-refractivity contribution is 0.816. The third-order valence-corrected chi connectivity index (χ3v) is 2.56. The van der Waals surface area contributed by atoms with Crippen molar-refractivity contribution in [1.29, 1.82) is 0 Å². The van der Waals surface area contributed by atoms with E-state index in [1.165, 1.54) is 0 Å². The molecule has 0 spiro atoms. The zero-order valence-electron chi connectivity index (χ0n) is 9.61. The summed E-state index contributed by atoms with van der Waals surface area (Å²) in [6.45, 7) is 0.879. The summed E-state index contributed by atoms with van der Waals surface area (Å²) in [6, 6.07) is 5.59. The summed E-state index contributed by atoms with van der Waals surface area (Å²) in [5, 5.41) is 3.30. The SMILES string of the molecule is Nc1ccc(NCCCc2ncc[nH]2)cc1N. The molecule has 0 saturated heterocycles. The van der Waals surface area contributed by atoms with Crippen molar-refractivity contribution in [3.8, 4) is 0 Å². The van der Waals surface area contributed by atoms with Crippen LogP contribution < -0.4 is 16.8 Å². The number of nitrogen functional groups attached to an aromatic ring is 2. The Kier molecular flexibility index (Phi) is 3.49. The molecule has 0 bridgehead atoms. The van der Waals surface area contributed by atoms with E-state index in [0.717, 1.165) is 30.9 Å². The molecule has 5 nitrogen and oxygen atoms in total. The summed E-state index contributed by atoms with van der Waals surface area (Å²) in [5.41, 5.74) is 13.6. The standard InChI is InChI=1S/C12H17N5/c13-10-4-3-9(8-11(10)14)15-5-1-2-12-16-6-7-17-12/h3-4,6-8,15H,1-2,5,13-14H2,(H,16,17). The monoisotopic (exact) mass is 231 g/mol. The lowest BCUT2D eigenvalue weighted by Gasteiger charge is -2.07. The van der Waals surface area contributed by atoms with Crippen molar-refractivity contribution in [2.24, 2.45) is 0 Å². The molecule has 0 amide bonds. The molecule has 0 unspecified atom stereocenters. The largest absolute Gasteiger partial charge is 0.397 e. The molecule has 0 fully saturated rings. The molecule has 5 heteroatoms. The Balaban J connectivity index is 1.76. The third-order valence-electron chi connectivity index (χ3n) is 2.56. The summed E-state index contributed by atoms with van der Waals surface area (Å²) in [7, 11) is 0. The van der Waals surface area contributed by atoms with Gasteiger partial charge in [-0.3, -0.25) is 0 Å². The number of H-pyrrole nitrogens is 1. The van der Waals surface area contributed by atoms with E-state index in [-0.39, 0.29) is 0 Å². The number of imidazole rings is 1. The normalized spacial score (nSPS) is 10.4. The van der Waals surface area contributed by atoms with Crippen LogP contribution >= 0.6 is 0 Å². The average Bonchev–Trinajstić information content (AvgIpc) is 2.82. The van der Waals surface area contributed by atoms with Crippen molar-refractivity contribution in [3.05, 3.63) is 36.4 Å². The molecule has 17 heavy (non-hydrogen) atoms. The van der Waals surface area contributed by atoms with Crippen molar-refractivity contribution in [2.75, 3.05) is 23.3 Å². The average molecular weight is 231 g/mol. The molecule has 0 aliphatic rings. The van der Waals surface area contributed by atoms with Gasteiger partial charge in [-0.1, -0.05) is 0 Å². The number of nitrogens with one attached hydrogen (secondary N) is 2. The molecule has 0 aliphatic carbocycles. The molecule has 1 aromatic heterocycles. The predicted octanol–water partition coefficient (Wildman–Crippen LogP) is 1.62. The number of aryl methyl sites for hydroxylation is 1. The van der Waals surface area contributed by atoms with Crippen LogP contribution in [-0.2, 0) is 6.42 Å². The maximum Gasteiger partial charge on any atom is 0.106 e. The van der Waals surface area contributed by atoms with E-state index in [1.807, 2.05) is 24.4 Å². The molecular formula is C12H17N5. The second-order valence-corrected chi connectivity index (χ2v) is 3.91. The van der Waals surface area contributed by atoms with Gasteiger partial charge in [-0.05, 0) is 24.6 Å². The van der Waals surface area contributed by atoms with Gasteiger partial charge in [0.1, 0.15) is 5.82 Å². The third kappa shape index (κ3) is 3.14. The predicted molar refractivity (Wildman–Crippen MR) is 70.7 cm³/mol. The minimum absolute atomic E-state index is 0.612. The molecule has 2 aromatic rings. The molecule has 6 N–H and O–H groups in total. The van der Waals surface area contributed by atoms with Crippen LogP contribution in [0.25, 0.3) is 0 Å². The minimum atomic E-state index is 0.612. The smallest absolute Gasteiger partial charge is 0.106 e. The fourth-order valence-corrected chi connectivity index (χ4v) is 1.61. The Hall–Kier alpha value is -2.17. The van der Waals surface area contributed by atoms with Crippen molar-refractivity contribution >= 4 is 17.1 Å². The summed E-state index contributed by atoms with van der Waals surface area (Å²) < 4.78 is 0. The van der Waals surface area contributed by atoms with Gasteiger partial charge in [0.15, 0.2) is 0 Å². The summed E-state index contributed by atoms with van der Waals surface area (Å²) in [5.74, 6) is 1.02. The fourth-order valence-electron chi connectivity index (χ4n) is 1.61. The molecular weight excluding hydrogens is 214 g/mol. The number of nitrogens with zero attached hydrogens (tertiary/aromatic N) is 1. The Morgan fingerprint density at radius 3 is 2.82 bits per heavy atom. The maximum absolute atomic E-state index is 5.72. The van der Waals surface area contributed by atoms with Gasteiger partial charge in [-0.15, -0.1) is 0 Å². The van der Waals surface area contributed by atoms with E-state index in [2.05, 4.69) is 15.3 Å². The van der Waals surface area contributed by atoms with Gasteiger partial charge in [-0.25, -0.2) is 4.98 Å². The summed E-state index contributed by atoms with van der Waals surface area (Å²) in [4.78, 5) is 7.24. The summed E-state index contributed by atoms with van der Waals surface area (Å²) in [6.07, 6.45) is 5.55. The Morgan fingerprint density at radius 1 is 1.24 bits per heavy atom. The number of aromatic amines is 1. The van der Waals surface area contributed by atoms with Gasteiger partial charge in [0.05, 0.1) is 11.4 Å². The van der Waals surface area contributed by atoms with Gasteiger partial charge < -0.3 is 21.8 Å². The second kappa shape index (κ2) is 5.25. The van der Waals surface area contributed by atoms with Crippen LogP contribution in [0, 0.1) is 0 Å². The van der Waals surface area contributed by atoms with Crippen LogP contribution in [0.1, 0.15) is 12.2 Å². The van der Waals surface area contributed by atoms with Crippen molar-refractivity contribution in [1.82, 2.24) is 9.97 Å². The van der Waals surface area contributed by atoms with E-state index in [0.29, 0.717) is 11.4 Å². The number of rotatable bonds is 5. The lowest BCUT2D eigenvalue weighted by atomic mass is 10.2. The van der Waals surface area contributed by atoms with Crippen LogP contribution in [0.15, 0.2) is 30.6 Å². The molecule has 0 radical (unpaired) electrons. The van der Waals surface area contributed by atoms with Crippen LogP contribution in [0.4, 0.5) is 17.1 Å². The highest BCUT2D eigenvalue weighted by Gasteiger charge is 1.98. The lowest BCUT2D eigenvalue weighted by Crippen LogP contribution is -2.04. The molecule has 90 valence electrons. The van der Waals surface area contributed by atoms with Crippen LogP contribution in [0.3, 0.4) is 0 Å². The highest BCUT2D eigenvalue weighted by atomic mass is 14.9. The molecule has 1 aromatic carbocycles. The van der Waals surface area contributed by atoms with Crippen LogP contribution in [-0.4, -0.2) is 16.5 Å². The highest BCUT2D eigenvalue weighted by Crippen LogP contribution is 2.19. The van der Waals surface area contributed by atoms with Gasteiger partial charge in [0.25, 0.3) is 0 Å². The Bertz CT molecular complexity index is 464. The first-order valence-corrected chi connectivity index (χ1v) is 5.63. The van der Waals surface area contributed by atoms with Crippen LogP contribution in [0.2, 0.25) is 0 Å². The van der Waals surface area contributed by atoms with Crippen molar-refractivity contribution in [2.45, 2.75) is 12.8 Å². The maximum atomic E-state index is 5.72. The van der Waals surface area contributed by atoms with E-state index in [9.17, 15) is 0 Å². The Labute approximate surface area is 100 Å². The van der Waals surface area contributed by atoms with Gasteiger partial charge in [0, 0.05) is 31.0 Å². The topological polar surface area (TPSA) is 92.7 Å². The molecule has 0 atom stereocenters. The minimum Gasteiger partial charge on any atom is -0.397 e. The van der Waals surface area contributed by atoms with E-state index >= 15 is 0 Å². The number of hydrogen-bond donors (Lipinski definition) is 4. The molecule has 0 aliphatic heterocycles. The van der Waals surface area contributed by atoms with Crippen molar-refractivity contribution in [3.63, 3.8) is 0 Å². The molecule has 0 saturated carbocycles. The van der Waals surface area contributed by atoms with Gasteiger partial charge in [0.2, 0.25) is 0 Å². The Morgan fingerprint density at radius 2 is 2.12 bits per heavy atom. The zero-order chi connectivity index (χ0) is 12.1. The number of aromatic nitrogens is 2. The second-order valence-electron chi connectivity index (χ2n) is 3.91. The highest BCUT2D eigenvalue weighted by molar-refractivity contribution is 5.69. The first-order valence-electron chi connectivity index (χ1n) is 5.63. The van der Waals surface area contributed by atoms with E-state index in [1.54, 1.807) is 6.20 Å². The number of hydrogen-bond acceptors (Lipinski definition) is 4. The van der Waals surface area contributed by atoms with Crippen molar-refractivity contribution < 1.29 is 0 Å². The van der Waals surface area contributed by atoms with Crippen LogP contribution in [0.5, 0.6) is 0 Å². The molecule has 1 heterocycles. The van der Waals surface area contributed by atoms with Gasteiger partial charge in [-0.2, -0.15) is 0 Å². The fraction of sp³-hybridized carbons (Fsp3) is 0.250. The summed E-state index contributed by atoms with van der Waals surface area (Å²) >= 11 is 0. The van der Waals surface area contributed by atoms with E-state index in [4.69, 9.17) is 11.5 Å². The van der Waals surface area contributed by atoms with E-state index < -0.39 is 0 Å². The first-order chi connectivity index (χ1) is 8.25. The van der Waals surface area contributed by atoms with Gasteiger partial charge >= 0.3 is 0 Å². The first kappa shape index (κ1) is 11.3. The molecule has 2 rings (SSSR count). The number of nitrogens with two attached hydrogens (primary N) is 2. The zero-order valence-corrected chi connectivity index (χ0v) is 9.61.